The molecule has 0 aromatic carbocycles. The number of hydrogen-bond acceptors (Lipinski definition) is 1. The van der Waals surface area contributed by atoms with Crippen LogP contribution in [0, 0.1) is 17.3 Å². The summed E-state index contributed by atoms with van der Waals surface area (Å²) in [6.45, 7) is 8.37. The van der Waals surface area contributed by atoms with Crippen molar-refractivity contribution >= 4 is 0 Å². The van der Waals surface area contributed by atoms with Gasteiger partial charge >= 0.3 is 0 Å². The van der Waals surface area contributed by atoms with E-state index >= 15 is 0 Å². The van der Waals surface area contributed by atoms with Crippen LogP contribution in [0.1, 0.15) is 78.6 Å². The van der Waals surface area contributed by atoms with Gasteiger partial charge in [0.1, 0.15) is 0 Å². The lowest BCUT2D eigenvalue weighted by Gasteiger charge is -2.28. The zero-order chi connectivity index (χ0) is 13.4. The molecular formula is C17H35N. The Morgan fingerprint density at radius 1 is 1.06 bits per heavy atom. The molecule has 1 rings (SSSR count). The van der Waals surface area contributed by atoms with Crippen molar-refractivity contribution in [3.05, 3.63) is 0 Å². The molecular weight excluding hydrogens is 218 g/mol. The quantitative estimate of drug-likeness (QED) is 0.510. The second-order valence-corrected chi connectivity index (χ2v) is 6.81. The molecule has 0 spiro atoms. The largest absolute Gasteiger partial charge is 0.320 e. The monoisotopic (exact) mass is 253 g/mol. The molecule has 1 saturated carbocycles. The Labute approximate surface area is 115 Å². The Morgan fingerprint density at radius 2 is 1.72 bits per heavy atom. The first kappa shape index (κ1) is 16.0. The van der Waals surface area contributed by atoms with E-state index in [0.717, 1.165) is 11.8 Å². The maximum Gasteiger partial charge on any atom is -0.00517 e. The van der Waals surface area contributed by atoms with Crippen molar-refractivity contribution in [1.82, 2.24) is 5.32 Å². The van der Waals surface area contributed by atoms with Gasteiger partial charge in [-0.2, -0.15) is 0 Å². The first-order chi connectivity index (χ1) is 8.65. The van der Waals surface area contributed by atoms with E-state index in [1.165, 1.54) is 64.3 Å². The van der Waals surface area contributed by atoms with Crippen molar-refractivity contribution in [1.29, 1.82) is 0 Å². The van der Waals surface area contributed by atoms with Crippen LogP contribution in [0.25, 0.3) is 0 Å². The van der Waals surface area contributed by atoms with Gasteiger partial charge in [0.15, 0.2) is 0 Å². The predicted molar refractivity (Wildman–Crippen MR) is 81.9 cm³/mol. The van der Waals surface area contributed by atoms with Crippen LogP contribution in [0.5, 0.6) is 0 Å². The second kappa shape index (κ2) is 8.19. The molecule has 2 unspecified atom stereocenters. The van der Waals surface area contributed by atoms with Gasteiger partial charge in [0.2, 0.25) is 0 Å². The molecule has 0 aromatic rings. The van der Waals surface area contributed by atoms with Gasteiger partial charge in [-0.05, 0) is 56.5 Å². The summed E-state index contributed by atoms with van der Waals surface area (Å²) in [4.78, 5) is 0. The Balaban J connectivity index is 2.11. The normalized spacial score (nSPS) is 26.0. The SMILES string of the molecule is CCCC1CC1CCC[C@@](C)(CC)CCCNC. The van der Waals surface area contributed by atoms with Crippen LogP contribution in [0.4, 0.5) is 0 Å². The van der Waals surface area contributed by atoms with Crippen LogP contribution >= 0.6 is 0 Å². The van der Waals surface area contributed by atoms with E-state index < -0.39 is 0 Å². The van der Waals surface area contributed by atoms with Gasteiger partial charge in [-0.25, -0.2) is 0 Å². The van der Waals surface area contributed by atoms with Crippen LogP contribution in [0.15, 0.2) is 0 Å². The van der Waals surface area contributed by atoms with Crippen molar-refractivity contribution < 1.29 is 0 Å². The first-order valence-corrected chi connectivity index (χ1v) is 8.29. The smallest absolute Gasteiger partial charge is 0.00517 e. The van der Waals surface area contributed by atoms with Gasteiger partial charge < -0.3 is 5.32 Å². The Bertz CT molecular complexity index is 214. The average molecular weight is 253 g/mol. The molecule has 3 atom stereocenters. The number of hydrogen-bond donors (Lipinski definition) is 1. The van der Waals surface area contributed by atoms with E-state index in [0.29, 0.717) is 5.41 Å². The van der Waals surface area contributed by atoms with E-state index in [-0.39, 0.29) is 0 Å². The zero-order valence-electron chi connectivity index (χ0n) is 13.2. The van der Waals surface area contributed by atoms with Crippen LogP contribution in [-0.2, 0) is 0 Å². The van der Waals surface area contributed by atoms with Gasteiger partial charge in [0.05, 0.1) is 0 Å². The van der Waals surface area contributed by atoms with Crippen molar-refractivity contribution in [3.8, 4) is 0 Å². The summed E-state index contributed by atoms with van der Waals surface area (Å²) in [5.41, 5.74) is 0.603. The molecule has 0 saturated heterocycles. The van der Waals surface area contributed by atoms with E-state index in [1.807, 2.05) is 0 Å². The fourth-order valence-electron chi connectivity index (χ4n) is 3.35. The molecule has 1 aliphatic rings. The van der Waals surface area contributed by atoms with Crippen molar-refractivity contribution in [3.63, 3.8) is 0 Å². The molecule has 1 aliphatic carbocycles. The summed E-state index contributed by atoms with van der Waals surface area (Å²) in [6.07, 6.45) is 12.9. The van der Waals surface area contributed by atoms with E-state index in [2.05, 4.69) is 33.1 Å². The van der Waals surface area contributed by atoms with E-state index in [1.54, 1.807) is 0 Å². The Kier molecular flexibility index (Phi) is 7.29. The minimum Gasteiger partial charge on any atom is -0.320 e. The summed E-state index contributed by atoms with van der Waals surface area (Å²) in [6, 6.07) is 0. The van der Waals surface area contributed by atoms with E-state index in [9.17, 15) is 0 Å². The van der Waals surface area contributed by atoms with Gasteiger partial charge in [0, 0.05) is 0 Å². The highest BCUT2D eigenvalue weighted by Crippen LogP contribution is 2.46. The highest BCUT2D eigenvalue weighted by Gasteiger charge is 2.35. The van der Waals surface area contributed by atoms with Crippen molar-refractivity contribution in [2.24, 2.45) is 17.3 Å². The zero-order valence-corrected chi connectivity index (χ0v) is 13.2. The topological polar surface area (TPSA) is 12.0 Å². The molecule has 0 aliphatic heterocycles. The minimum atomic E-state index is 0.603. The molecule has 0 heterocycles. The maximum atomic E-state index is 3.27. The Morgan fingerprint density at radius 3 is 2.33 bits per heavy atom. The molecule has 0 radical (unpaired) electrons. The molecule has 1 N–H and O–H groups in total. The van der Waals surface area contributed by atoms with Gasteiger partial charge in [-0.1, -0.05) is 52.9 Å². The van der Waals surface area contributed by atoms with Crippen LogP contribution in [0.2, 0.25) is 0 Å². The maximum absolute atomic E-state index is 3.27. The first-order valence-electron chi connectivity index (χ1n) is 8.29. The lowest BCUT2D eigenvalue weighted by Crippen LogP contribution is -2.18. The molecule has 1 fully saturated rings. The third-order valence-corrected chi connectivity index (χ3v) is 5.14. The van der Waals surface area contributed by atoms with Gasteiger partial charge in [-0.15, -0.1) is 0 Å². The lowest BCUT2D eigenvalue weighted by atomic mass is 9.78. The van der Waals surface area contributed by atoms with E-state index in [4.69, 9.17) is 0 Å². The number of rotatable bonds is 11. The fourth-order valence-corrected chi connectivity index (χ4v) is 3.35. The molecule has 0 aromatic heterocycles. The lowest BCUT2D eigenvalue weighted by molar-refractivity contribution is 0.242. The Hall–Kier alpha value is -0.0400. The summed E-state index contributed by atoms with van der Waals surface area (Å²) in [5.74, 6) is 2.20. The number of nitrogens with one attached hydrogen (secondary N) is 1. The van der Waals surface area contributed by atoms with Crippen LogP contribution in [-0.4, -0.2) is 13.6 Å². The third-order valence-electron chi connectivity index (χ3n) is 5.14. The summed E-state index contributed by atoms with van der Waals surface area (Å²) in [5, 5.41) is 3.27. The minimum absolute atomic E-state index is 0.603. The predicted octanol–water partition coefficient (Wildman–Crippen LogP) is 5.01. The standard InChI is InChI=1S/C17H35N/c1-5-9-15-14-16(15)10-7-11-17(3,6-2)12-8-13-18-4/h15-16,18H,5-14H2,1-4H3/t15?,16?,17-/m1/s1. The highest BCUT2D eigenvalue weighted by molar-refractivity contribution is 4.86. The summed E-state index contributed by atoms with van der Waals surface area (Å²) >= 11 is 0. The van der Waals surface area contributed by atoms with Crippen LogP contribution in [0.3, 0.4) is 0 Å². The van der Waals surface area contributed by atoms with Crippen molar-refractivity contribution in [2.75, 3.05) is 13.6 Å². The fraction of sp³-hybridized carbons (Fsp3) is 1.00. The molecule has 108 valence electrons. The molecule has 1 heteroatoms. The van der Waals surface area contributed by atoms with Gasteiger partial charge in [-0.3, -0.25) is 0 Å². The molecule has 0 bridgehead atoms. The third kappa shape index (κ3) is 5.73. The molecule has 18 heavy (non-hydrogen) atoms. The van der Waals surface area contributed by atoms with Gasteiger partial charge in [0.25, 0.3) is 0 Å². The van der Waals surface area contributed by atoms with Crippen LogP contribution < -0.4 is 5.32 Å². The average Bonchev–Trinajstić information content (AvgIpc) is 3.08. The molecule has 0 amide bonds. The second-order valence-electron chi connectivity index (χ2n) is 6.81. The van der Waals surface area contributed by atoms with Crippen molar-refractivity contribution in [2.45, 2.75) is 78.6 Å². The summed E-state index contributed by atoms with van der Waals surface area (Å²) < 4.78 is 0. The highest BCUT2D eigenvalue weighted by atomic mass is 14.8. The summed E-state index contributed by atoms with van der Waals surface area (Å²) in [7, 11) is 2.06. The molecule has 1 nitrogen and oxygen atoms in total.